The molecule has 0 radical (unpaired) electrons. The van der Waals surface area contributed by atoms with Crippen LogP contribution in [0.2, 0.25) is 5.02 Å². The van der Waals surface area contributed by atoms with Crippen molar-refractivity contribution in [3.8, 4) is 0 Å². The lowest BCUT2D eigenvalue weighted by atomic mass is 9.74. The predicted molar refractivity (Wildman–Crippen MR) is 61.2 cm³/mol. The van der Waals surface area contributed by atoms with E-state index >= 15 is 0 Å². The second-order valence-electron chi connectivity index (χ2n) is 4.33. The van der Waals surface area contributed by atoms with Crippen LogP contribution in [0, 0.1) is 0 Å². The van der Waals surface area contributed by atoms with E-state index in [1.807, 2.05) is 0 Å². The molecule has 0 unspecified atom stereocenters. The van der Waals surface area contributed by atoms with Gasteiger partial charge in [-0.05, 0) is 31.4 Å². The lowest BCUT2D eigenvalue weighted by Crippen LogP contribution is -2.48. The average molecular weight is 224 g/mol. The minimum Gasteiger partial charge on any atom is -0.325 e. The molecule has 0 spiro atoms. The van der Waals surface area contributed by atoms with E-state index in [9.17, 15) is 4.79 Å². The van der Waals surface area contributed by atoms with Crippen LogP contribution in [0.15, 0.2) is 24.3 Å². The van der Waals surface area contributed by atoms with Crippen molar-refractivity contribution < 1.29 is 4.79 Å². The van der Waals surface area contributed by atoms with Gasteiger partial charge in [0.25, 0.3) is 0 Å². The maximum atomic E-state index is 11.9. The quantitative estimate of drug-likeness (QED) is 0.801. The largest absolute Gasteiger partial charge is 0.325 e. The van der Waals surface area contributed by atoms with Crippen molar-refractivity contribution in [1.82, 2.24) is 0 Å². The maximum absolute atomic E-state index is 11.9. The number of nitrogens with two attached hydrogens (primary N) is 1. The summed E-state index contributed by atoms with van der Waals surface area (Å²) in [6, 6.07) is 7.04. The molecule has 1 aliphatic rings. The molecule has 1 aromatic carbocycles. The van der Waals surface area contributed by atoms with Gasteiger partial charge in [-0.1, -0.05) is 23.7 Å². The Hall–Kier alpha value is -0.860. The Morgan fingerprint density at radius 2 is 2.20 bits per heavy atom. The fraction of sp³-hybridized carbons (Fsp3) is 0.417. The van der Waals surface area contributed by atoms with E-state index in [0.29, 0.717) is 17.0 Å². The van der Waals surface area contributed by atoms with E-state index in [2.05, 4.69) is 0 Å². The Labute approximate surface area is 94.4 Å². The molecule has 0 aliphatic heterocycles. The zero-order valence-electron chi connectivity index (χ0n) is 8.50. The van der Waals surface area contributed by atoms with Crippen LogP contribution < -0.4 is 5.73 Å². The number of ketones is 1. The molecule has 2 nitrogen and oxygen atoms in total. The zero-order valence-corrected chi connectivity index (χ0v) is 9.26. The molecule has 1 aromatic rings. The highest BCUT2D eigenvalue weighted by molar-refractivity contribution is 6.31. The molecule has 0 saturated heterocycles. The summed E-state index contributed by atoms with van der Waals surface area (Å²) in [6.45, 7) is 0. The van der Waals surface area contributed by atoms with Gasteiger partial charge in [-0.15, -0.1) is 0 Å². The Balaban J connectivity index is 2.08. The van der Waals surface area contributed by atoms with Gasteiger partial charge in [-0.25, -0.2) is 0 Å². The first-order chi connectivity index (χ1) is 7.09. The van der Waals surface area contributed by atoms with Crippen LogP contribution in [0.4, 0.5) is 0 Å². The molecule has 80 valence electrons. The Morgan fingerprint density at radius 3 is 2.73 bits per heavy atom. The van der Waals surface area contributed by atoms with Crippen LogP contribution in [0.5, 0.6) is 0 Å². The molecule has 3 heteroatoms. The molecule has 0 aromatic heterocycles. The van der Waals surface area contributed by atoms with Gasteiger partial charge in [0.05, 0.1) is 0 Å². The van der Waals surface area contributed by atoms with Gasteiger partial charge in [-0.3, -0.25) is 4.79 Å². The summed E-state index contributed by atoms with van der Waals surface area (Å²) in [6.07, 6.45) is 3.49. The fourth-order valence-electron chi connectivity index (χ4n) is 1.89. The van der Waals surface area contributed by atoms with Crippen molar-refractivity contribution in [1.29, 1.82) is 0 Å². The molecular weight excluding hydrogens is 210 g/mol. The minimum atomic E-state index is -0.251. The highest BCUT2D eigenvalue weighted by atomic mass is 35.5. The van der Waals surface area contributed by atoms with Gasteiger partial charge in [0.1, 0.15) is 0 Å². The van der Waals surface area contributed by atoms with Gasteiger partial charge >= 0.3 is 0 Å². The second kappa shape index (κ2) is 3.95. The van der Waals surface area contributed by atoms with Crippen molar-refractivity contribution in [3.63, 3.8) is 0 Å². The van der Waals surface area contributed by atoms with E-state index in [0.717, 1.165) is 19.3 Å². The molecular formula is C12H14ClNO. The van der Waals surface area contributed by atoms with Crippen LogP contribution in [0.3, 0.4) is 0 Å². The van der Waals surface area contributed by atoms with Gasteiger partial charge in [0, 0.05) is 22.5 Å². The van der Waals surface area contributed by atoms with Crippen molar-refractivity contribution in [2.45, 2.75) is 31.2 Å². The number of halogens is 1. The highest BCUT2D eigenvalue weighted by Crippen LogP contribution is 2.33. The first-order valence-electron chi connectivity index (χ1n) is 5.17. The standard InChI is InChI=1S/C12H14ClNO/c13-10-4-1-3-9(7-10)11(15)8-12(14)5-2-6-12/h1,3-4,7H,2,5-6,8,14H2. The van der Waals surface area contributed by atoms with E-state index in [1.54, 1.807) is 24.3 Å². The van der Waals surface area contributed by atoms with E-state index in [-0.39, 0.29) is 11.3 Å². The molecule has 1 aliphatic carbocycles. The third kappa shape index (κ3) is 2.39. The van der Waals surface area contributed by atoms with Gasteiger partial charge in [0.15, 0.2) is 5.78 Å². The van der Waals surface area contributed by atoms with Gasteiger partial charge in [0.2, 0.25) is 0 Å². The lowest BCUT2D eigenvalue weighted by Gasteiger charge is -2.37. The number of hydrogen-bond donors (Lipinski definition) is 1. The SMILES string of the molecule is NC1(CC(=O)c2cccc(Cl)c2)CCC1. The Kier molecular flexibility index (Phi) is 2.81. The van der Waals surface area contributed by atoms with Crippen LogP contribution in [0.25, 0.3) is 0 Å². The van der Waals surface area contributed by atoms with Crippen molar-refractivity contribution in [3.05, 3.63) is 34.9 Å². The van der Waals surface area contributed by atoms with Crippen LogP contribution in [-0.2, 0) is 0 Å². The number of carbonyl (C=O) groups is 1. The van der Waals surface area contributed by atoms with Gasteiger partial charge < -0.3 is 5.73 Å². The van der Waals surface area contributed by atoms with Crippen molar-refractivity contribution in [2.75, 3.05) is 0 Å². The summed E-state index contributed by atoms with van der Waals surface area (Å²) in [5.41, 5.74) is 6.44. The van der Waals surface area contributed by atoms with Crippen LogP contribution in [-0.4, -0.2) is 11.3 Å². The zero-order chi connectivity index (χ0) is 10.9. The second-order valence-corrected chi connectivity index (χ2v) is 4.76. The molecule has 1 saturated carbocycles. The van der Waals surface area contributed by atoms with E-state index in [4.69, 9.17) is 17.3 Å². The smallest absolute Gasteiger partial charge is 0.164 e. The molecule has 1 fully saturated rings. The number of benzene rings is 1. The Morgan fingerprint density at radius 1 is 1.47 bits per heavy atom. The molecule has 0 bridgehead atoms. The monoisotopic (exact) mass is 223 g/mol. The molecule has 15 heavy (non-hydrogen) atoms. The van der Waals surface area contributed by atoms with Crippen LogP contribution >= 0.6 is 11.6 Å². The topological polar surface area (TPSA) is 43.1 Å². The average Bonchev–Trinajstić information content (AvgIpc) is 2.15. The summed E-state index contributed by atoms with van der Waals surface area (Å²) in [4.78, 5) is 11.9. The maximum Gasteiger partial charge on any atom is 0.164 e. The number of rotatable bonds is 3. The predicted octanol–water partition coefficient (Wildman–Crippen LogP) is 2.79. The third-order valence-electron chi connectivity index (χ3n) is 3.01. The van der Waals surface area contributed by atoms with E-state index in [1.165, 1.54) is 0 Å². The molecule has 2 N–H and O–H groups in total. The van der Waals surface area contributed by atoms with E-state index < -0.39 is 0 Å². The van der Waals surface area contributed by atoms with Gasteiger partial charge in [-0.2, -0.15) is 0 Å². The third-order valence-corrected chi connectivity index (χ3v) is 3.24. The summed E-state index contributed by atoms with van der Waals surface area (Å²) in [7, 11) is 0. The summed E-state index contributed by atoms with van der Waals surface area (Å²) in [5.74, 6) is 0.0969. The normalized spacial score (nSPS) is 18.3. The molecule has 2 rings (SSSR count). The lowest BCUT2D eigenvalue weighted by molar-refractivity contribution is 0.0912. The minimum absolute atomic E-state index is 0.0969. The number of carbonyl (C=O) groups excluding carboxylic acids is 1. The van der Waals surface area contributed by atoms with Crippen molar-refractivity contribution in [2.24, 2.45) is 5.73 Å². The molecule has 0 amide bonds. The highest BCUT2D eigenvalue weighted by Gasteiger charge is 2.34. The summed E-state index contributed by atoms with van der Waals surface area (Å²) in [5, 5.41) is 0.598. The number of Topliss-reactive ketones (excluding diaryl/α,β-unsaturated/α-hetero) is 1. The first kappa shape index (κ1) is 10.7. The molecule has 0 atom stereocenters. The molecule has 0 heterocycles. The number of hydrogen-bond acceptors (Lipinski definition) is 2. The summed E-state index contributed by atoms with van der Waals surface area (Å²) < 4.78 is 0. The van der Waals surface area contributed by atoms with Crippen molar-refractivity contribution >= 4 is 17.4 Å². The Bertz CT molecular complexity index is 385. The summed E-state index contributed by atoms with van der Waals surface area (Å²) >= 11 is 5.82. The first-order valence-corrected chi connectivity index (χ1v) is 5.55. The fourth-order valence-corrected chi connectivity index (χ4v) is 2.08. The van der Waals surface area contributed by atoms with Crippen LogP contribution in [0.1, 0.15) is 36.0 Å².